The Balaban J connectivity index is 2.73. The number of nitrogens with one attached hydrogen (secondary N) is 2. The SMILES string of the molecule is CNC(=O)CCNc1cc(C(F)(F)F)ccc1Cl. The van der Waals surface area contributed by atoms with Crippen molar-refractivity contribution in [3.63, 3.8) is 0 Å². The summed E-state index contributed by atoms with van der Waals surface area (Å²) >= 11 is 5.77. The van der Waals surface area contributed by atoms with Gasteiger partial charge in [-0.3, -0.25) is 4.79 Å². The molecule has 0 fully saturated rings. The maximum absolute atomic E-state index is 12.5. The van der Waals surface area contributed by atoms with Crippen LogP contribution in [0.3, 0.4) is 0 Å². The number of carbonyl (C=O) groups is 1. The Hall–Kier alpha value is -1.43. The number of hydrogen-bond donors (Lipinski definition) is 2. The van der Waals surface area contributed by atoms with Gasteiger partial charge in [0.2, 0.25) is 5.91 Å². The minimum atomic E-state index is -4.41. The Morgan fingerprint density at radius 3 is 2.61 bits per heavy atom. The lowest BCUT2D eigenvalue weighted by Crippen LogP contribution is -2.21. The second-order valence-corrected chi connectivity index (χ2v) is 3.95. The van der Waals surface area contributed by atoms with E-state index in [4.69, 9.17) is 11.6 Å². The van der Waals surface area contributed by atoms with E-state index >= 15 is 0 Å². The van der Waals surface area contributed by atoms with E-state index in [9.17, 15) is 18.0 Å². The highest BCUT2D eigenvalue weighted by molar-refractivity contribution is 6.33. The van der Waals surface area contributed by atoms with Gasteiger partial charge in [-0.1, -0.05) is 11.6 Å². The summed E-state index contributed by atoms with van der Waals surface area (Å²) in [5.41, 5.74) is -0.621. The molecule has 7 heteroatoms. The monoisotopic (exact) mass is 280 g/mol. The summed E-state index contributed by atoms with van der Waals surface area (Å²) in [6.45, 7) is 0.209. The Morgan fingerprint density at radius 1 is 1.39 bits per heavy atom. The number of alkyl halides is 3. The summed E-state index contributed by atoms with van der Waals surface area (Å²) in [7, 11) is 1.49. The molecule has 1 aromatic rings. The highest BCUT2D eigenvalue weighted by atomic mass is 35.5. The Labute approximate surface area is 107 Å². The first-order valence-corrected chi connectivity index (χ1v) is 5.53. The summed E-state index contributed by atoms with van der Waals surface area (Å²) in [6.07, 6.45) is -4.26. The molecule has 0 atom stereocenters. The van der Waals surface area contributed by atoms with Gasteiger partial charge < -0.3 is 10.6 Å². The third-order valence-electron chi connectivity index (χ3n) is 2.24. The van der Waals surface area contributed by atoms with E-state index in [1.54, 1.807) is 0 Å². The highest BCUT2D eigenvalue weighted by Gasteiger charge is 2.30. The van der Waals surface area contributed by atoms with Crippen LogP contribution in [0.2, 0.25) is 5.02 Å². The van der Waals surface area contributed by atoms with Crippen LogP contribution in [0.4, 0.5) is 18.9 Å². The van der Waals surface area contributed by atoms with Crippen LogP contribution < -0.4 is 10.6 Å². The predicted octanol–water partition coefficient (Wildman–Crippen LogP) is 2.91. The molecule has 1 rings (SSSR count). The summed E-state index contributed by atoms with van der Waals surface area (Å²) in [4.78, 5) is 10.9. The van der Waals surface area contributed by atoms with Crippen molar-refractivity contribution in [2.24, 2.45) is 0 Å². The van der Waals surface area contributed by atoms with Crippen molar-refractivity contribution >= 4 is 23.2 Å². The van der Waals surface area contributed by atoms with Gasteiger partial charge in [0.15, 0.2) is 0 Å². The summed E-state index contributed by atoms with van der Waals surface area (Å²) in [6, 6.07) is 3.01. The van der Waals surface area contributed by atoms with Gasteiger partial charge in [0.25, 0.3) is 0 Å². The molecule has 0 aliphatic rings. The number of halogens is 4. The molecular formula is C11H12ClF3N2O. The zero-order valence-electron chi connectivity index (χ0n) is 9.57. The molecule has 100 valence electrons. The fourth-order valence-electron chi connectivity index (χ4n) is 1.27. The van der Waals surface area contributed by atoms with Crippen molar-refractivity contribution in [3.05, 3.63) is 28.8 Å². The highest BCUT2D eigenvalue weighted by Crippen LogP contribution is 2.33. The molecule has 1 amide bonds. The maximum atomic E-state index is 12.5. The number of anilines is 1. The van der Waals surface area contributed by atoms with E-state index in [2.05, 4.69) is 10.6 Å². The van der Waals surface area contributed by atoms with Gasteiger partial charge in [-0.2, -0.15) is 13.2 Å². The molecule has 0 saturated heterocycles. The first kappa shape index (κ1) is 14.6. The average molecular weight is 281 g/mol. The first-order valence-electron chi connectivity index (χ1n) is 5.16. The fourth-order valence-corrected chi connectivity index (χ4v) is 1.46. The number of benzene rings is 1. The molecule has 0 spiro atoms. The van der Waals surface area contributed by atoms with Crippen molar-refractivity contribution in [2.45, 2.75) is 12.6 Å². The smallest absolute Gasteiger partial charge is 0.383 e. The first-order chi connectivity index (χ1) is 8.34. The summed E-state index contributed by atoms with van der Waals surface area (Å²) in [5, 5.41) is 5.29. The van der Waals surface area contributed by atoms with E-state index in [1.165, 1.54) is 13.1 Å². The largest absolute Gasteiger partial charge is 0.416 e. The Kier molecular flexibility index (Phi) is 4.84. The molecule has 0 unspecified atom stereocenters. The molecule has 0 saturated carbocycles. The second kappa shape index (κ2) is 5.95. The van der Waals surface area contributed by atoms with Gasteiger partial charge in [0.05, 0.1) is 16.3 Å². The van der Waals surface area contributed by atoms with Crippen LogP contribution in [0.5, 0.6) is 0 Å². The third kappa shape index (κ3) is 4.10. The zero-order valence-corrected chi connectivity index (χ0v) is 10.3. The molecular weight excluding hydrogens is 269 g/mol. The standard InChI is InChI=1S/C11H12ClF3N2O/c1-16-10(18)4-5-17-9-6-7(11(13,14)15)2-3-8(9)12/h2-3,6,17H,4-5H2,1H3,(H,16,18). The van der Waals surface area contributed by atoms with Crippen LogP contribution in [0.1, 0.15) is 12.0 Å². The topological polar surface area (TPSA) is 41.1 Å². The predicted molar refractivity (Wildman–Crippen MR) is 63.6 cm³/mol. The van der Waals surface area contributed by atoms with Crippen molar-refractivity contribution in [1.29, 1.82) is 0 Å². The van der Waals surface area contributed by atoms with Crippen molar-refractivity contribution < 1.29 is 18.0 Å². The third-order valence-corrected chi connectivity index (χ3v) is 2.57. The molecule has 1 aromatic carbocycles. The molecule has 2 N–H and O–H groups in total. The number of rotatable bonds is 4. The quantitative estimate of drug-likeness (QED) is 0.890. The van der Waals surface area contributed by atoms with Crippen LogP contribution in [0.15, 0.2) is 18.2 Å². The molecule has 0 heterocycles. The summed E-state index contributed by atoms with van der Waals surface area (Å²) < 4.78 is 37.4. The minimum Gasteiger partial charge on any atom is -0.383 e. The molecule has 0 aliphatic carbocycles. The Morgan fingerprint density at radius 2 is 2.06 bits per heavy atom. The van der Waals surface area contributed by atoms with E-state index in [1.807, 2.05) is 0 Å². The van der Waals surface area contributed by atoms with E-state index in [0.29, 0.717) is 0 Å². The normalized spacial score (nSPS) is 11.2. The number of amides is 1. The lowest BCUT2D eigenvalue weighted by molar-refractivity contribution is -0.137. The van der Waals surface area contributed by atoms with Crippen molar-refractivity contribution in [1.82, 2.24) is 5.32 Å². The van der Waals surface area contributed by atoms with Crippen molar-refractivity contribution in [2.75, 3.05) is 18.9 Å². The number of carbonyl (C=O) groups excluding carboxylic acids is 1. The van der Waals surface area contributed by atoms with Gasteiger partial charge in [0, 0.05) is 20.0 Å². The lowest BCUT2D eigenvalue weighted by Gasteiger charge is -2.12. The maximum Gasteiger partial charge on any atom is 0.416 e. The van der Waals surface area contributed by atoms with Crippen LogP contribution in [0, 0.1) is 0 Å². The number of hydrogen-bond acceptors (Lipinski definition) is 2. The van der Waals surface area contributed by atoms with Crippen molar-refractivity contribution in [3.8, 4) is 0 Å². The van der Waals surface area contributed by atoms with E-state index in [0.717, 1.165) is 12.1 Å². The molecule has 3 nitrogen and oxygen atoms in total. The van der Waals surface area contributed by atoms with Gasteiger partial charge >= 0.3 is 6.18 Å². The molecule has 0 radical (unpaired) electrons. The van der Waals surface area contributed by atoms with Gasteiger partial charge in [-0.05, 0) is 18.2 Å². The fraction of sp³-hybridized carbons (Fsp3) is 0.364. The van der Waals surface area contributed by atoms with Crippen LogP contribution in [-0.4, -0.2) is 19.5 Å². The lowest BCUT2D eigenvalue weighted by atomic mass is 10.2. The average Bonchev–Trinajstić information content (AvgIpc) is 2.29. The van der Waals surface area contributed by atoms with Gasteiger partial charge in [-0.15, -0.1) is 0 Å². The van der Waals surface area contributed by atoms with Crippen LogP contribution >= 0.6 is 11.6 Å². The Bertz CT molecular complexity index is 435. The zero-order chi connectivity index (χ0) is 13.8. The minimum absolute atomic E-state index is 0.156. The molecule has 0 aliphatic heterocycles. The molecule has 0 aromatic heterocycles. The molecule has 18 heavy (non-hydrogen) atoms. The summed E-state index contributed by atoms with van der Waals surface area (Å²) in [5.74, 6) is -0.203. The van der Waals surface area contributed by atoms with Crippen LogP contribution in [-0.2, 0) is 11.0 Å². The second-order valence-electron chi connectivity index (χ2n) is 3.54. The molecule has 0 bridgehead atoms. The van der Waals surface area contributed by atoms with Crippen LogP contribution in [0.25, 0.3) is 0 Å². The van der Waals surface area contributed by atoms with Gasteiger partial charge in [-0.25, -0.2) is 0 Å². The van der Waals surface area contributed by atoms with E-state index < -0.39 is 11.7 Å². The van der Waals surface area contributed by atoms with Gasteiger partial charge in [0.1, 0.15) is 0 Å². The van der Waals surface area contributed by atoms with E-state index in [-0.39, 0.29) is 29.6 Å².